The summed E-state index contributed by atoms with van der Waals surface area (Å²) in [4.78, 5) is 16.1. The number of nitrogens with one attached hydrogen (secondary N) is 2. The van der Waals surface area contributed by atoms with Gasteiger partial charge in [0.2, 0.25) is 0 Å². The van der Waals surface area contributed by atoms with Gasteiger partial charge in [0, 0.05) is 16.5 Å². The molecule has 1 heterocycles. The first kappa shape index (κ1) is 14.0. The van der Waals surface area contributed by atoms with Gasteiger partial charge in [-0.1, -0.05) is 0 Å². The SMILES string of the molecule is CC(C)(C)NC(=O)c1nc(NC(C)(C)C)cs1. The molecule has 1 aromatic rings. The van der Waals surface area contributed by atoms with E-state index in [9.17, 15) is 4.79 Å². The van der Waals surface area contributed by atoms with Gasteiger partial charge in [-0.05, 0) is 41.5 Å². The molecule has 0 radical (unpaired) electrons. The zero-order chi connectivity index (χ0) is 13.3. The molecule has 96 valence electrons. The van der Waals surface area contributed by atoms with Crippen LogP contribution < -0.4 is 10.6 Å². The Morgan fingerprint density at radius 2 is 1.76 bits per heavy atom. The van der Waals surface area contributed by atoms with Crippen molar-refractivity contribution in [1.29, 1.82) is 0 Å². The molecule has 17 heavy (non-hydrogen) atoms. The van der Waals surface area contributed by atoms with Crippen LogP contribution in [0.4, 0.5) is 5.82 Å². The van der Waals surface area contributed by atoms with E-state index in [4.69, 9.17) is 0 Å². The molecule has 0 aliphatic carbocycles. The van der Waals surface area contributed by atoms with Gasteiger partial charge >= 0.3 is 0 Å². The van der Waals surface area contributed by atoms with Crippen LogP contribution in [-0.4, -0.2) is 22.0 Å². The molecule has 4 nitrogen and oxygen atoms in total. The van der Waals surface area contributed by atoms with Gasteiger partial charge < -0.3 is 10.6 Å². The van der Waals surface area contributed by atoms with Gasteiger partial charge in [0.05, 0.1) is 0 Å². The molecule has 0 saturated carbocycles. The van der Waals surface area contributed by atoms with Crippen molar-refractivity contribution < 1.29 is 4.79 Å². The molecule has 0 unspecified atom stereocenters. The van der Waals surface area contributed by atoms with Crippen molar-refractivity contribution in [2.24, 2.45) is 0 Å². The second-order valence-corrected chi connectivity index (χ2v) is 6.98. The lowest BCUT2D eigenvalue weighted by atomic mass is 10.1. The van der Waals surface area contributed by atoms with Crippen LogP contribution in [0.1, 0.15) is 51.3 Å². The van der Waals surface area contributed by atoms with Crippen molar-refractivity contribution in [3.8, 4) is 0 Å². The molecule has 0 aromatic carbocycles. The quantitative estimate of drug-likeness (QED) is 0.854. The van der Waals surface area contributed by atoms with Gasteiger partial charge in [0.15, 0.2) is 5.01 Å². The van der Waals surface area contributed by atoms with Crippen LogP contribution in [0.2, 0.25) is 0 Å². The maximum atomic E-state index is 11.8. The molecule has 0 spiro atoms. The number of nitrogens with zero attached hydrogens (tertiary/aromatic N) is 1. The number of carbonyl (C=O) groups is 1. The maximum Gasteiger partial charge on any atom is 0.280 e. The summed E-state index contributed by atoms with van der Waals surface area (Å²) in [6, 6.07) is 0. The lowest BCUT2D eigenvalue weighted by Crippen LogP contribution is -2.40. The summed E-state index contributed by atoms with van der Waals surface area (Å²) in [5.74, 6) is 0.631. The minimum Gasteiger partial charge on any atom is -0.365 e. The van der Waals surface area contributed by atoms with Gasteiger partial charge in [-0.3, -0.25) is 4.79 Å². The fraction of sp³-hybridized carbons (Fsp3) is 0.667. The minimum absolute atomic E-state index is 0.0498. The number of thiazole rings is 1. The number of anilines is 1. The van der Waals surface area contributed by atoms with Gasteiger partial charge in [0.1, 0.15) is 5.82 Å². The molecule has 1 rings (SSSR count). The zero-order valence-corrected chi connectivity index (χ0v) is 12.2. The van der Waals surface area contributed by atoms with Crippen LogP contribution in [-0.2, 0) is 0 Å². The van der Waals surface area contributed by atoms with Crippen LogP contribution in [0.15, 0.2) is 5.38 Å². The molecule has 0 bridgehead atoms. The first-order valence-corrected chi connectivity index (χ1v) is 6.51. The van der Waals surface area contributed by atoms with Gasteiger partial charge in [-0.2, -0.15) is 0 Å². The van der Waals surface area contributed by atoms with E-state index < -0.39 is 0 Å². The van der Waals surface area contributed by atoms with Crippen molar-refractivity contribution in [3.05, 3.63) is 10.4 Å². The number of rotatable bonds is 2. The standard InChI is InChI=1S/C12H21N3OS/c1-11(2,3)14-8-7-17-10(13-8)9(16)15-12(4,5)6/h7,14H,1-6H3,(H,15,16). The molecule has 0 atom stereocenters. The number of amides is 1. The number of hydrogen-bond acceptors (Lipinski definition) is 4. The molecule has 0 saturated heterocycles. The Balaban J connectivity index is 2.72. The number of aromatic nitrogens is 1. The van der Waals surface area contributed by atoms with Crippen molar-refractivity contribution in [2.45, 2.75) is 52.6 Å². The Morgan fingerprint density at radius 3 is 2.24 bits per heavy atom. The molecule has 5 heteroatoms. The van der Waals surface area contributed by atoms with Crippen molar-refractivity contribution in [3.63, 3.8) is 0 Å². The highest BCUT2D eigenvalue weighted by Crippen LogP contribution is 2.18. The molecule has 0 aliphatic heterocycles. The van der Waals surface area contributed by atoms with Crippen LogP contribution in [0.5, 0.6) is 0 Å². The Bertz CT molecular complexity index is 399. The monoisotopic (exact) mass is 255 g/mol. The number of carbonyl (C=O) groups excluding carboxylic acids is 1. The third-order valence-electron chi connectivity index (χ3n) is 1.69. The predicted molar refractivity (Wildman–Crippen MR) is 72.7 cm³/mol. The summed E-state index contributed by atoms with van der Waals surface area (Å²) in [6.07, 6.45) is 0. The average Bonchev–Trinajstić information content (AvgIpc) is 2.45. The largest absolute Gasteiger partial charge is 0.365 e. The molecule has 1 aromatic heterocycles. The second-order valence-electron chi connectivity index (χ2n) is 6.12. The van der Waals surface area contributed by atoms with Crippen molar-refractivity contribution in [1.82, 2.24) is 10.3 Å². The smallest absolute Gasteiger partial charge is 0.280 e. The minimum atomic E-state index is -0.236. The first-order chi connectivity index (χ1) is 7.57. The summed E-state index contributed by atoms with van der Waals surface area (Å²) < 4.78 is 0. The fourth-order valence-corrected chi connectivity index (χ4v) is 1.86. The molecular weight excluding hydrogens is 234 g/mol. The van der Waals surface area contributed by atoms with E-state index in [-0.39, 0.29) is 17.0 Å². The Morgan fingerprint density at radius 1 is 1.18 bits per heavy atom. The summed E-state index contributed by atoms with van der Waals surface area (Å²) >= 11 is 1.35. The Hall–Kier alpha value is -1.10. The Labute approximate surface area is 107 Å². The van der Waals surface area contributed by atoms with Gasteiger partial charge in [0.25, 0.3) is 5.91 Å². The van der Waals surface area contributed by atoms with E-state index in [0.717, 1.165) is 5.82 Å². The Kier molecular flexibility index (Phi) is 3.81. The summed E-state index contributed by atoms with van der Waals surface area (Å²) in [5.41, 5.74) is -0.285. The molecular formula is C12H21N3OS. The lowest BCUT2D eigenvalue weighted by molar-refractivity contribution is 0.0919. The van der Waals surface area contributed by atoms with E-state index >= 15 is 0 Å². The third-order valence-corrected chi connectivity index (χ3v) is 2.53. The third kappa shape index (κ3) is 5.17. The topological polar surface area (TPSA) is 54.0 Å². The van der Waals surface area contributed by atoms with Crippen molar-refractivity contribution in [2.75, 3.05) is 5.32 Å². The maximum absolute atomic E-state index is 11.8. The zero-order valence-electron chi connectivity index (χ0n) is 11.3. The van der Waals surface area contributed by atoms with E-state index in [1.165, 1.54) is 11.3 Å². The highest BCUT2D eigenvalue weighted by Gasteiger charge is 2.19. The fourth-order valence-electron chi connectivity index (χ4n) is 1.21. The average molecular weight is 255 g/mol. The van der Waals surface area contributed by atoms with Crippen molar-refractivity contribution >= 4 is 23.1 Å². The van der Waals surface area contributed by atoms with Crippen LogP contribution in [0.25, 0.3) is 0 Å². The predicted octanol–water partition coefficient (Wildman–Crippen LogP) is 2.88. The van der Waals surface area contributed by atoms with Crippen LogP contribution in [0, 0.1) is 0 Å². The molecule has 2 N–H and O–H groups in total. The first-order valence-electron chi connectivity index (χ1n) is 5.63. The molecule has 1 amide bonds. The molecule has 0 fully saturated rings. The van der Waals surface area contributed by atoms with E-state index in [0.29, 0.717) is 5.01 Å². The summed E-state index contributed by atoms with van der Waals surface area (Å²) in [6.45, 7) is 12.0. The van der Waals surface area contributed by atoms with E-state index in [1.807, 2.05) is 26.2 Å². The summed E-state index contributed by atoms with van der Waals surface area (Å²) in [5, 5.41) is 8.49. The summed E-state index contributed by atoms with van der Waals surface area (Å²) in [7, 11) is 0. The van der Waals surface area contributed by atoms with Crippen LogP contribution >= 0.6 is 11.3 Å². The highest BCUT2D eigenvalue weighted by atomic mass is 32.1. The second kappa shape index (κ2) is 4.64. The lowest BCUT2D eigenvalue weighted by Gasteiger charge is -2.20. The van der Waals surface area contributed by atoms with Gasteiger partial charge in [-0.25, -0.2) is 4.98 Å². The van der Waals surface area contributed by atoms with E-state index in [1.54, 1.807) is 0 Å². The highest BCUT2D eigenvalue weighted by molar-refractivity contribution is 7.12. The van der Waals surface area contributed by atoms with E-state index in [2.05, 4.69) is 36.4 Å². The van der Waals surface area contributed by atoms with Crippen LogP contribution in [0.3, 0.4) is 0 Å². The van der Waals surface area contributed by atoms with Gasteiger partial charge in [-0.15, -0.1) is 11.3 Å². The number of hydrogen-bond donors (Lipinski definition) is 2. The molecule has 0 aliphatic rings. The normalized spacial score (nSPS) is 12.4.